The van der Waals surface area contributed by atoms with Crippen LogP contribution in [-0.2, 0) is 4.79 Å². The SMILES string of the molecule is COc1ccc(-c2nc3cc(NC(=O)/C=C/c4ccccc4)ccc3o2)cc1Br. The molecule has 0 atom stereocenters. The van der Waals surface area contributed by atoms with Crippen molar-refractivity contribution in [3.63, 3.8) is 0 Å². The van der Waals surface area contributed by atoms with Gasteiger partial charge in [-0.2, -0.15) is 0 Å². The number of rotatable bonds is 5. The van der Waals surface area contributed by atoms with Gasteiger partial charge in [-0.3, -0.25) is 4.79 Å². The summed E-state index contributed by atoms with van der Waals surface area (Å²) in [5, 5.41) is 2.85. The van der Waals surface area contributed by atoms with Crippen LogP contribution in [-0.4, -0.2) is 18.0 Å². The van der Waals surface area contributed by atoms with E-state index in [1.807, 2.05) is 48.5 Å². The van der Waals surface area contributed by atoms with Crippen molar-refractivity contribution < 1.29 is 13.9 Å². The van der Waals surface area contributed by atoms with E-state index in [2.05, 4.69) is 26.2 Å². The molecule has 0 fully saturated rings. The Bertz CT molecular complexity index is 1200. The van der Waals surface area contributed by atoms with Crippen LogP contribution in [0.4, 0.5) is 5.69 Å². The highest BCUT2D eigenvalue weighted by molar-refractivity contribution is 9.10. The molecule has 6 heteroatoms. The lowest BCUT2D eigenvalue weighted by molar-refractivity contribution is -0.111. The Morgan fingerprint density at radius 3 is 2.69 bits per heavy atom. The molecule has 0 radical (unpaired) electrons. The smallest absolute Gasteiger partial charge is 0.248 e. The van der Waals surface area contributed by atoms with Crippen LogP contribution in [0.15, 0.2) is 81.7 Å². The number of aromatic nitrogens is 1. The minimum Gasteiger partial charge on any atom is -0.496 e. The Kier molecular flexibility index (Phi) is 5.44. The third-order valence-electron chi connectivity index (χ3n) is 4.28. The van der Waals surface area contributed by atoms with Crippen molar-refractivity contribution in [1.29, 1.82) is 0 Å². The van der Waals surface area contributed by atoms with Crippen LogP contribution in [0.25, 0.3) is 28.6 Å². The summed E-state index contributed by atoms with van der Waals surface area (Å²) >= 11 is 3.47. The van der Waals surface area contributed by atoms with E-state index in [0.29, 0.717) is 22.7 Å². The van der Waals surface area contributed by atoms with Gasteiger partial charge in [-0.05, 0) is 64.0 Å². The maximum absolute atomic E-state index is 12.2. The van der Waals surface area contributed by atoms with Crippen molar-refractivity contribution in [3.05, 3.63) is 82.8 Å². The van der Waals surface area contributed by atoms with Gasteiger partial charge in [-0.15, -0.1) is 0 Å². The zero-order chi connectivity index (χ0) is 20.2. The molecule has 1 N–H and O–H groups in total. The van der Waals surface area contributed by atoms with Crippen molar-refractivity contribution in [2.75, 3.05) is 12.4 Å². The maximum Gasteiger partial charge on any atom is 0.248 e. The van der Waals surface area contributed by atoms with Crippen molar-refractivity contribution in [2.45, 2.75) is 0 Å². The molecule has 144 valence electrons. The lowest BCUT2D eigenvalue weighted by Gasteiger charge is -2.03. The minimum atomic E-state index is -0.212. The Labute approximate surface area is 176 Å². The van der Waals surface area contributed by atoms with E-state index in [1.165, 1.54) is 6.08 Å². The van der Waals surface area contributed by atoms with Crippen LogP contribution in [0.3, 0.4) is 0 Å². The zero-order valence-electron chi connectivity index (χ0n) is 15.6. The number of halogens is 1. The number of ether oxygens (including phenoxy) is 1. The number of hydrogen-bond donors (Lipinski definition) is 1. The predicted molar refractivity (Wildman–Crippen MR) is 118 cm³/mol. The van der Waals surface area contributed by atoms with Gasteiger partial charge >= 0.3 is 0 Å². The number of carbonyl (C=O) groups excluding carboxylic acids is 1. The maximum atomic E-state index is 12.2. The largest absolute Gasteiger partial charge is 0.496 e. The number of nitrogens with one attached hydrogen (secondary N) is 1. The molecule has 0 saturated carbocycles. The standard InChI is InChI=1S/C23H17BrN2O3/c1-28-20-10-8-16(13-18(20)24)23-26-19-14-17(9-11-21(19)29-23)25-22(27)12-7-15-5-3-2-4-6-15/h2-14H,1H3,(H,25,27)/b12-7+. The van der Waals surface area contributed by atoms with Gasteiger partial charge in [0.25, 0.3) is 0 Å². The molecule has 0 saturated heterocycles. The summed E-state index contributed by atoms with van der Waals surface area (Å²) in [6, 6.07) is 20.6. The van der Waals surface area contributed by atoms with Gasteiger partial charge in [0.05, 0.1) is 11.6 Å². The van der Waals surface area contributed by atoms with Crippen molar-refractivity contribution in [3.8, 4) is 17.2 Å². The third-order valence-corrected chi connectivity index (χ3v) is 4.90. The monoisotopic (exact) mass is 448 g/mol. The number of hydrogen-bond acceptors (Lipinski definition) is 4. The summed E-state index contributed by atoms with van der Waals surface area (Å²) in [6.07, 6.45) is 3.27. The summed E-state index contributed by atoms with van der Waals surface area (Å²) < 4.78 is 11.9. The molecule has 5 nitrogen and oxygen atoms in total. The highest BCUT2D eigenvalue weighted by Crippen LogP contribution is 2.32. The number of oxazole rings is 1. The molecule has 29 heavy (non-hydrogen) atoms. The summed E-state index contributed by atoms with van der Waals surface area (Å²) in [6.45, 7) is 0. The van der Waals surface area contributed by atoms with Crippen molar-refractivity contribution in [1.82, 2.24) is 4.98 Å². The van der Waals surface area contributed by atoms with Gasteiger partial charge in [0.2, 0.25) is 11.8 Å². The third kappa shape index (κ3) is 4.38. The highest BCUT2D eigenvalue weighted by atomic mass is 79.9. The molecule has 0 aliphatic heterocycles. The van der Waals surface area contributed by atoms with Crippen LogP contribution in [0.2, 0.25) is 0 Å². The van der Waals surface area contributed by atoms with Crippen LogP contribution < -0.4 is 10.1 Å². The van der Waals surface area contributed by atoms with Crippen LogP contribution in [0.1, 0.15) is 5.56 Å². The normalized spacial score (nSPS) is 11.1. The number of anilines is 1. The van der Waals surface area contributed by atoms with Gasteiger partial charge in [-0.1, -0.05) is 30.3 Å². The molecule has 1 amide bonds. The van der Waals surface area contributed by atoms with E-state index in [4.69, 9.17) is 9.15 Å². The second-order valence-corrected chi connectivity index (χ2v) is 7.14. The molecular weight excluding hydrogens is 432 g/mol. The average Bonchev–Trinajstić information content (AvgIpc) is 3.16. The van der Waals surface area contributed by atoms with E-state index in [1.54, 1.807) is 31.4 Å². The number of amides is 1. The summed E-state index contributed by atoms with van der Waals surface area (Å²) in [7, 11) is 1.62. The van der Waals surface area contributed by atoms with Gasteiger partial charge in [0.15, 0.2) is 5.58 Å². The molecule has 0 unspecified atom stereocenters. The zero-order valence-corrected chi connectivity index (χ0v) is 17.1. The van der Waals surface area contributed by atoms with Gasteiger partial charge in [0, 0.05) is 17.3 Å². The Morgan fingerprint density at radius 1 is 1.10 bits per heavy atom. The van der Waals surface area contributed by atoms with Crippen LogP contribution in [0.5, 0.6) is 5.75 Å². The predicted octanol–water partition coefficient (Wildman–Crippen LogP) is 5.92. The molecule has 1 aromatic heterocycles. The molecule has 4 rings (SSSR count). The number of carbonyl (C=O) groups is 1. The van der Waals surface area contributed by atoms with E-state index < -0.39 is 0 Å². The lowest BCUT2D eigenvalue weighted by atomic mass is 10.2. The first-order valence-corrected chi connectivity index (χ1v) is 9.70. The lowest BCUT2D eigenvalue weighted by Crippen LogP contribution is -2.07. The van der Waals surface area contributed by atoms with E-state index in [-0.39, 0.29) is 5.91 Å². The molecule has 0 bridgehead atoms. The second-order valence-electron chi connectivity index (χ2n) is 6.28. The van der Waals surface area contributed by atoms with Crippen molar-refractivity contribution in [2.24, 2.45) is 0 Å². The van der Waals surface area contributed by atoms with Gasteiger partial charge < -0.3 is 14.5 Å². The van der Waals surface area contributed by atoms with Crippen LogP contribution in [0, 0.1) is 0 Å². The van der Waals surface area contributed by atoms with E-state index in [9.17, 15) is 4.79 Å². The topological polar surface area (TPSA) is 64.4 Å². The van der Waals surface area contributed by atoms with E-state index >= 15 is 0 Å². The summed E-state index contributed by atoms with van der Waals surface area (Å²) in [4.78, 5) is 16.7. The van der Waals surface area contributed by atoms with Gasteiger partial charge in [0.1, 0.15) is 11.3 Å². The quantitative estimate of drug-likeness (QED) is 0.385. The molecule has 3 aromatic carbocycles. The first-order valence-electron chi connectivity index (χ1n) is 8.91. The number of methoxy groups -OCH3 is 1. The summed E-state index contributed by atoms with van der Waals surface area (Å²) in [5.41, 5.74) is 3.74. The molecular formula is C23H17BrN2O3. The Balaban J connectivity index is 1.53. The Morgan fingerprint density at radius 2 is 1.93 bits per heavy atom. The molecule has 0 spiro atoms. The van der Waals surface area contributed by atoms with E-state index in [0.717, 1.165) is 21.3 Å². The fourth-order valence-corrected chi connectivity index (χ4v) is 3.39. The fourth-order valence-electron chi connectivity index (χ4n) is 2.85. The van der Waals surface area contributed by atoms with Crippen molar-refractivity contribution >= 4 is 44.7 Å². The minimum absolute atomic E-state index is 0.212. The fraction of sp³-hybridized carbons (Fsp3) is 0.0435. The van der Waals surface area contributed by atoms with Gasteiger partial charge in [-0.25, -0.2) is 4.98 Å². The second kappa shape index (κ2) is 8.32. The number of fused-ring (bicyclic) bond motifs is 1. The molecule has 0 aliphatic carbocycles. The molecule has 0 aliphatic rings. The molecule has 4 aromatic rings. The highest BCUT2D eigenvalue weighted by Gasteiger charge is 2.11. The average molecular weight is 449 g/mol. The first kappa shape index (κ1) is 19.0. The summed E-state index contributed by atoms with van der Waals surface area (Å²) in [5.74, 6) is 1.02. The van der Waals surface area contributed by atoms with Crippen LogP contribution >= 0.6 is 15.9 Å². The Hall–Kier alpha value is -3.38. The number of benzene rings is 3. The molecule has 1 heterocycles. The number of nitrogens with zero attached hydrogens (tertiary/aromatic N) is 1. The first-order chi connectivity index (χ1) is 14.1.